The molecule has 2 rings (SSSR count). The third-order valence-corrected chi connectivity index (χ3v) is 4.25. The number of hydrogen-bond acceptors (Lipinski definition) is 5. The molecule has 0 aromatic heterocycles. The van der Waals surface area contributed by atoms with Crippen molar-refractivity contribution >= 4 is 23.5 Å². The highest BCUT2D eigenvalue weighted by Gasteiger charge is 2.33. The van der Waals surface area contributed by atoms with Gasteiger partial charge in [-0.1, -0.05) is 12.1 Å². The smallest absolute Gasteiger partial charge is 0.320 e. The number of primary amides is 1. The number of likely N-dealkylation sites (tertiary alicyclic amines) is 1. The number of carboxylic acid groups (broad SMARTS) is 1. The third kappa shape index (κ3) is 4.69. The Morgan fingerprint density at radius 2 is 2.08 bits per heavy atom. The third-order valence-electron chi connectivity index (χ3n) is 4.25. The first kappa shape index (κ1) is 18.7. The number of anilines is 1. The van der Waals surface area contributed by atoms with Gasteiger partial charge < -0.3 is 20.5 Å². The van der Waals surface area contributed by atoms with Crippen molar-refractivity contribution in [1.29, 1.82) is 0 Å². The van der Waals surface area contributed by atoms with E-state index in [1.54, 1.807) is 29.2 Å². The molecule has 1 aromatic rings. The summed E-state index contributed by atoms with van der Waals surface area (Å²) < 4.78 is 5.29. The molecule has 1 fully saturated rings. The first-order valence-electron chi connectivity index (χ1n) is 8.12. The lowest BCUT2D eigenvalue weighted by Crippen LogP contribution is -2.45. The van der Waals surface area contributed by atoms with Gasteiger partial charge in [-0.25, -0.2) is 0 Å². The number of methoxy groups -OCH3 is 1. The van der Waals surface area contributed by atoms with Crippen molar-refractivity contribution in [3.05, 3.63) is 24.3 Å². The van der Waals surface area contributed by atoms with Crippen LogP contribution in [0.3, 0.4) is 0 Å². The Bertz CT molecular complexity index is 649. The van der Waals surface area contributed by atoms with Crippen LogP contribution >= 0.6 is 0 Å². The Balaban J connectivity index is 2.21. The number of nitrogens with zero attached hydrogens (tertiary/aromatic N) is 2. The summed E-state index contributed by atoms with van der Waals surface area (Å²) in [6.07, 6.45) is 1.27. The number of amides is 2. The first-order valence-corrected chi connectivity index (χ1v) is 8.12. The Morgan fingerprint density at radius 3 is 2.72 bits per heavy atom. The summed E-state index contributed by atoms with van der Waals surface area (Å²) in [5.41, 5.74) is 5.75. The average molecular weight is 349 g/mol. The molecule has 0 unspecified atom stereocenters. The standard InChI is InChI=1S/C17H23N3O5/c1-25-14-7-3-2-5-12(14)20(10-8-15(18)21)16(22)11-19-9-4-6-13(19)17(23)24/h2-3,5,7,13H,4,6,8-11H2,1H3,(H2,18,21)(H,23,24)/t13-/m0/s1. The number of carbonyl (C=O) groups excluding carboxylic acids is 2. The van der Waals surface area contributed by atoms with Crippen LogP contribution in [-0.2, 0) is 14.4 Å². The summed E-state index contributed by atoms with van der Waals surface area (Å²) in [4.78, 5) is 38.4. The normalized spacial score (nSPS) is 17.2. The van der Waals surface area contributed by atoms with Crippen LogP contribution in [0.4, 0.5) is 5.69 Å². The van der Waals surface area contributed by atoms with Crippen LogP contribution in [0.1, 0.15) is 19.3 Å². The Kier molecular flexibility index (Phi) is 6.35. The van der Waals surface area contributed by atoms with E-state index in [0.717, 1.165) is 6.42 Å². The number of nitrogens with two attached hydrogens (primary N) is 1. The number of para-hydroxylation sites is 2. The van der Waals surface area contributed by atoms with Crippen LogP contribution in [-0.4, -0.2) is 60.6 Å². The Labute approximate surface area is 146 Å². The molecule has 1 aliphatic heterocycles. The second kappa shape index (κ2) is 8.48. The molecule has 0 bridgehead atoms. The fourth-order valence-electron chi connectivity index (χ4n) is 3.01. The highest BCUT2D eigenvalue weighted by Crippen LogP contribution is 2.28. The van der Waals surface area contributed by atoms with Crippen LogP contribution < -0.4 is 15.4 Å². The van der Waals surface area contributed by atoms with Crippen molar-refractivity contribution in [2.24, 2.45) is 5.73 Å². The van der Waals surface area contributed by atoms with Crippen molar-refractivity contribution in [1.82, 2.24) is 4.90 Å². The van der Waals surface area contributed by atoms with Crippen molar-refractivity contribution in [3.8, 4) is 5.75 Å². The van der Waals surface area contributed by atoms with Crippen molar-refractivity contribution in [2.75, 3.05) is 31.6 Å². The van der Waals surface area contributed by atoms with Gasteiger partial charge >= 0.3 is 5.97 Å². The summed E-state index contributed by atoms with van der Waals surface area (Å²) in [5, 5.41) is 9.26. The van der Waals surface area contributed by atoms with Gasteiger partial charge in [-0.05, 0) is 31.5 Å². The van der Waals surface area contributed by atoms with E-state index in [1.807, 2.05) is 0 Å². The molecular formula is C17H23N3O5. The van der Waals surface area contributed by atoms with E-state index in [9.17, 15) is 19.5 Å². The van der Waals surface area contributed by atoms with E-state index in [1.165, 1.54) is 12.0 Å². The fraction of sp³-hybridized carbons (Fsp3) is 0.471. The molecule has 1 saturated heterocycles. The maximum atomic E-state index is 12.8. The van der Waals surface area contributed by atoms with Crippen molar-refractivity contribution < 1.29 is 24.2 Å². The van der Waals surface area contributed by atoms with E-state index in [-0.39, 0.29) is 25.4 Å². The summed E-state index contributed by atoms with van der Waals surface area (Å²) in [5.74, 6) is -1.24. The molecule has 1 aromatic carbocycles. The number of rotatable bonds is 8. The molecule has 25 heavy (non-hydrogen) atoms. The SMILES string of the molecule is COc1ccccc1N(CCC(N)=O)C(=O)CN1CCC[C@H]1C(=O)O. The van der Waals surface area contributed by atoms with E-state index in [0.29, 0.717) is 24.4 Å². The monoisotopic (exact) mass is 349 g/mol. The maximum absolute atomic E-state index is 12.8. The number of carbonyl (C=O) groups is 3. The largest absolute Gasteiger partial charge is 0.495 e. The minimum Gasteiger partial charge on any atom is -0.495 e. The van der Waals surface area contributed by atoms with Crippen molar-refractivity contribution in [3.63, 3.8) is 0 Å². The van der Waals surface area contributed by atoms with Gasteiger partial charge in [0.25, 0.3) is 0 Å². The van der Waals surface area contributed by atoms with E-state index in [4.69, 9.17) is 10.5 Å². The van der Waals surface area contributed by atoms with Gasteiger partial charge in [-0.15, -0.1) is 0 Å². The fourth-order valence-corrected chi connectivity index (χ4v) is 3.01. The molecule has 1 aliphatic rings. The molecule has 8 nitrogen and oxygen atoms in total. The van der Waals surface area contributed by atoms with Gasteiger partial charge in [-0.3, -0.25) is 19.3 Å². The predicted molar refractivity (Wildman–Crippen MR) is 91.4 cm³/mol. The van der Waals surface area contributed by atoms with E-state index in [2.05, 4.69) is 0 Å². The zero-order valence-corrected chi connectivity index (χ0v) is 14.2. The Hall–Kier alpha value is -2.61. The lowest BCUT2D eigenvalue weighted by molar-refractivity contribution is -0.142. The second-order valence-corrected chi connectivity index (χ2v) is 5.90. The van der Waals surface area contributed by atoms with Crippen LogP contribution in [0.2, 0.25) is 0 Å². The number of benzene rings is 1. The highest BCUT2D eigenvalue weighted by atomic mass is 16.5. The minimum atomic E-state index is -0.925. The highest BCUT2D eigenvalue weighted by molar-refractivity contribution is 5.97. The summed E-state index contributed by atoms with van der Waals surface area (Å²) in [6.45, 7) is 0.631. The second-order valence-electron chi connectivity index (χ2n) is 5.90. The van der Waals surface area contributed by atoms with Gasteiger partial charge in [0.15, 0.2) is 0 Å². The lowest BCUT2D eigenvalue weighted by atomic mass is 10.2. The van der Waals surface area contributed by atoms with Crippen LogP contribution in [0.5, 0.6) is 5.75 Å². The molecule has 1 heterocycles. The van der Waals surface area contributed by atoms with Crippen LogP contribution in [0, 0.1) is 0 Å². The topological polar surface area (TPSA) is 113 Å². The zero-order valence-electron chi connectivity index (χ0n) is 14.2. The quantitative estimate of drug-likeness (QED) is 0.705. The van der Waals surface area contributed by atoms with Crippen LogP contribution in [0.25, 0.3) is 0 Å². The molecule has 0 saturated carbocycles. The van der Waals surface area contributed by atoms with Gasteiger partial charge in [-0.2, -0.15) is 0 Å². The summed E-state index contributed by atoms with van der Waals surface area (Å²) >= 11 is 0. The number of carboxylic acids is 1. The maximum Gasteiger partial charge on any atom is 0.320 e. The molecular weight excluding hydrogens is 326 g/mol. The molecule has 1 atom stereocenters. The number of ether oxygens (including phenoxy) is 1. The molecule has 0 radical (unpaired) electrons. The van der Waals surface area contributed by atoms with Crippen molar-refractivity contribution in [2.45, 2.75) is 25.3 Å². The van der Waals surface area contributed by atoms with E-state index >= 15 is 0 Å². The van der Waals surface area contributed by atoms with Gasteiger partial charge in [0, 0.05) is 13.0 Å². The summed E-state index contributed by atoms with van der Waals surface area (Å²) in [6, 6.07) is 6.32. The Morgan fingerprint density at radius 1 is 1.36 bits per heavy atom. The van der Waals surface area contributed by atoms with Gasteiger partial charge in [0.1, 0.15) is 11.8 Å². The lowest BCUT2D eigenvalue weighted by Gasteiger charge is -2.28. The zero-order chi connectivity index (χ0) is 18.4. The average Bonchev–Trinajstić information content (AvgIpc) is 3.03. The number of aliphatic carboxylic acids is 1. The molecule has 3 N–H and O–H groups in total. The number of hydrogen-bond donors (Lipinski definition) is 2. The first-order chi connectivity index (χ1) is 11.9. The minimum absolute atomic E-state index is 0.00610. The molecule has 0 aliphatic carbocycles. The van der Waals surface area contributed by atoms with Crippen LogP contribution in [0.15, 0.2) is 24.3 Å². The molecule has 136 valence electrons. The predicted octanol–water partition coefficient (Wildman–Crippen LogP) is 0.453. The van der Waals surface area contributed by atoms with Gasteiger partial charge in [0.2, 0.25) is 11.8 Å². The molecule has 8 heteroatoms. The molecule has 2 amide bonds. The van der Waals surface area contributed by atoms with E-state index < -0.39 is 17.9 Å². The van der Waals surface area contributed by atoms with Gasteiger partial charge in [0.05, 0.1) is 19.3 Å². The summed E-state index contributed by atoms with van der Waals surface area (Å²) in [7, 11) is 1.50. The molecule has 0 spiro atoms.